The lowest BCUT2D eigenvalue weighted by molar-refractivity contribution is -0.150. The first-order chi connectivity index (χ1) is 9.04. The van der Waals surface area contributed by atoms with E-state index < -0.39 is 0 Å². The molecule has 0 aromatic carbocycles. The number of carbonyl (C=O) groups excluding carboxylic acids is 2. The summed E-state index contributed by atoms with van der Waals surface area (Å²) >= 11 is 1.93. The van der Waals surface area contributed by atoms with Gasteiger partial charge in [-0.05, 0) is 31.4 Å². The number of carbonyl (C=O) groups is 2. The van der Waals surface area contributed by atoms with Crippen molar-refractivity contribution < 1.29 is 9.59 Å². The fourth-order valence-electron chi connectivity index (χ4n) is 2.72. The van der Waals surface area contributed by atoms with E-state index in [9.17, 15) is 9.59 Å². The van der Waals surface area contributed by atoms with Gasteiger partial charge in [0.2, 0.25) is 11.8 Å². The van der Waals surface area contributed by atoms with Crippen molar-refractivity contribution in [2.45, 2.75) is 57.4 Å². The second kappa shape index (κ2) is 6.16. The first-order valence-corrected chi connectivity index (χ1v) is 8.32. The number of nitrogens with one attached hydrogen (secondary N) is 1. The standard InChI is InChI=1S/C14H24N2O2S/c1-4-9(2)12-14(18)16(10(3)13(17)15-12)8-11-6-5-7-19-11/h9-12H,4-8H2,1-3H3,(H,15,17). The minimum Gasteiger partial charge on any atom is -0.342 e. The van der Waals surface area contributed by atoms with Gasteiger partial charge in [-0.2, -0.15) is 11.8 Å². The second-order valence-electron chi connectivity index (χ2n) is 5.67. The van der Waals surface area contributed by atoms with Crippen molar-refractivity contribution >= 4 is 23.6 Å². The Morgan fingerprint density at radius 3 is 2.79 bits per heavy atom. The summed E-state index contributed by atoms with van der Waals surface area (Å²) in [6.45, 7) is 6.64. The Kier molecular flexibility index (Phi) is 4.76. The number of amides is 2. The maximum absolute atomic E-state index is 12.6. The minimum absolute atomic E-state index is 0.00658. The molecule has 5 heteroatoms. The largest absolute Gasteiger partial charge is 0.342 e. The molecule has 1 N–H and O–H groups in total. The van der Waals surface area contributed by atoms with Crippen LogP contribution in [0.4, 0.5) is 0 Å². The van der Waals surface area contributed by atoms with E-state index in [-0.39, 0.29) is 29.8 Å². The quantitative estimate of drug-likeness (QED) is 0.854. The summed E-state index contributed by atoms with van der Waals surface area (Å²) < 4.78 is 0. The normalized spacial score (nSPS) is 33.4. The van der Waals surface area contributed by atoms with Crippen molar-refractivity contribution in [2.75, 3.05) is 12.3 Å². The Labute approximate surface area is 119 Å². The summed E-state index contributed by atoms with van der Waals surface area (Å²) in [4.78, 5) is 26.4. The van der Waals surface area contributed by atoms with Gasteiger partial charge in [-0.15, -0.1) is 0 Å². The highest BCUT2D eigenvalue weighted by molar-refractivity contribution is 8.00. The van der Waals surface area contributed by atoms with E-state index in [0.29, 0.717) is 5.25 Å². The van der Waals surface area contributed by atoms with Gasteiger partial charge < -0.3 is 10.2 Å². The Bertz CT molecular complexity index is 355. The van der Waals surface area contributed by atoms with Gasteiger partial charge in [-0.1, -0.05) is 20.3 Å². The van der Waals surface area contributed by atoms with Crippen LogP contribution in [0.1, 0.15) is 40.0 Å². The molecule has 0 bridgehead atoms. The van der Waals surface area contributed by atoms with Crippen LogP contribution in [0.15, 0.2) is 0 Å². The van der Waals surface area contributed by atoms with E-state index in [2.05, 4.69) is 12.2 Å². The van der Waals surface area contributed by atoms with E-state index in [1.54, 1.807) is 4.90 Å². The van der Waals surface area contributed by atoms with Crippen LogP contribution in [-0.2, 0) is 9.59 Å². The summed E-state index contributed by atoms with van der Waals surface area (Å²) in [6.07, 6.45) is 3.29. The lowest BCUT2D eigenvalue weighted by Gasteiger charge is -2.40. The van der Waals surface area contributed by atoms with Gasteiger partial charge in [0.15, 0.2) is 0 Å². The Morgan fingerprint density at radius 2 is 2.21 bits per heavy atom. The van der Waals surface area contributed by atoms with E-state index in [1.165, 1.54) is 12.2 Å². The SMILES string of the molecule is CCC(C)C1NC(=O)C(C)N(CC2CCCS2)C1=O. The lowest BCUT2D eigenvalue weighted by atomic mass is 9.94. The van der Waals surface area contributed by atoms with E-state index >= 15 is 0 Å². The third-order valence-corrected chi connectivity index (χ3v) is 5.71. The first kappa shape index (κ1) is 14.7. The fraction of sp³-hybridized carbons (Fsp3) is 0.857. The van der Waals surface area contributed by atoms with Crippen molar-refractivity contribution in [2.24, 2.45) is 5.92 Å². The predicted molar refractivity (Wildman–Crippen MR) is 78.0 cm³/mol. The highest BCUT2D eigenvalue weighted by Crippen LogP contribution is 2.28. The minimum atomic E-state index is -0.333. The summed E-state index contributed by atoms with van der Waals surface area (Å²) in [5, 5.41) is 3.39. The van der Waals surface area contributed by atoms with E-state index in [4.69, 9.17) is 0 Å². The smallest absolute Gasteiger partial charge is 0.246 e. The number of nitrogens with zero attached hydrogens (tertiary/aromatic N) is 1. The van der Waals surface area contributed by atoms with Crippen LogP contribution in [0.5, 0.6) is 0 Å². The van der Waals surface area contributed by atoms with Crippen molar-refractivity contribution in [3.05, 3.63) is 0 Å². The number of rotatable bonds is 4. The van der Waals surface area contributed by atoms with Gasteiger partial charge in [-0.3, -0.25) is 9.59 Å². The highest BCUT2D eigenvalue weighted by Gasteiger charge is 2.41. The monoisotopic (exact) mass is 284 g/mol. The summed E-state index contributed by atoms with van der Waals surface area (Å²) in [5.74, 6) is 1.48. The molecule has 2 aliphatic heterocycles. The average molecular weight is 284 g/mol. The molecule has 0 saturated carbocycles. The van der Waals surface area contributed by atoms with Crippen molar-refractivity contribution in [3.8, 4) is 0 Å². The zero-order valence-corrected chi connectivity index (χ0v) is 12.8. The maximum atomic E-state index is 12.6. The highest BCUT2D eigenvalue weighted by atomic mass is 32.2. The molecule has 4 atom stereocenters. The molecular formula is C14H24N2O2S. The Balaban J connectivity index is 2.09. The third kappa shape index (κ3) is 3.07. The summed E-state index contributed by atoms with van der Waals surface area (Å²) in [7, 11) is 0. The zero-order valence-electron chi connectivity index (χ0n) is 12.0. The molecule has 4 unspecified atom stereocenters. The van der Waals surface area contributed by atoms with Gasteiger partial charge in [0, 0.05) is 11.8 Å². The third-order valence-electron chi connectivity index (χ3n) is 4.33. The summed E-state index contributed by atoms with van der Waals surface area (Å²) in [6, 6.07) is -0.658. The van der Waals surface area contributed by atoms with Crippen LogP contribution in [0, 0.1) is 5.92 Å². The molecule has 2 saturated heterocycles. The number of hydrogen-bond acceptors (Lipinski definition) is 3. The Morgan fingerprint density at radius 1 is 1.47 bits per heavy atom. The number of thioether (sulfide) groups is 1. The van der Waals surface area contributed by atoms with Gasteiger partial charge in [-0.25, -0.2) is 0 Å². The van der Waals surface area contributed by atoms with Gasteiger partial charge in [0.25, 0.3) is 0 Å². The molecule has 2 rings (SSSR count). The molecule has 0 aromatic heterocycles. The summed E-state index contributed by atoms with van der Waals surface area (Å²) in [5.41, 5.74) is 0. The van der Waals surface area contributed by atoms with Crippen LogP contribution < -0.4 is 5.32 Å². The van der Waals surface area contributed by atoms with Crippen molar-refractivity contribution in [3.63, 3.8) is 0 Å². The van der Waals surface area contributed by atoms with Crippen LogP contribution in [0.3, 0.4) is 0 Å². The fourth-order valence-corrected chi connectivity index (χ4v) is 3.99. The van der Waals surface area contributed by atoms with Crippen LogP contribution in [0.2, 0.25) is 0 Å². The molecule has 2 aliphatic rings. The number of hydrogen-bond donors (Lipinski definition) is 1. The molecule has 2 fully saturated rings. The average Bonchev–Trinajstić information content (AvgIpc) is 2.91. The number of piperazine rings is 1. The molecule has 0 spiro atoms. The topological polar surface area (TPSA) is 49.4 Å². The molecule has 19 heavy (non-hydrogen) atoms. The molecule has 2 amide bonds. The zero-order chi connectivity index (χ0) is 14.0. The lowest BCUT2D eigenvalue weighted by Crippen LogP contribution is -2.64. The molecule has 2 heterocycles. The van der Waals surface area contributed by atoms with E-state index in [0.717, 1.165) is 19.4 Å². The molecule has 0 aromatic rings. The maximum Gasteiger partial charge on any atom is 0.246 e. The van der Waals surface area contributed by atoms with Crippen LogP contribution >= 0.6 is 11.8 Å². The Hall–Kier alpha value is -0.710. The van der Waals surface area contributed by atoms with Gasteiger partial charge in [0.1, 0.15) is 12.1 Å². The first-order valence-electron chi connectivity index (χ1n) is 7.27. The molecule has 4 nitrogen and oxygen atoms in total. The van der Waals surface area contributed by atoms with Crippen LogP contribution in [0.25, 0.3) is 0 Å². The molecule has 0 radical (unpaired) electrons. The van der Waals surface area contributed by atoms with Gasteiger partial charge >= 0.3 is 0 Å². The van der Waals surface area contributed by atoms with Crippen molar-refractivity contribution in [1.82, 2.24) is 10.2 Å². The van der Waals surface area contributed by atoms with Crippen LogP contribution in [-0.4, -0.2) is 46.3 Å². The second-order valence-corrected chi connectivity index (χ2v) is 7.08. The molecule has 0 aliphatic carbocycles. The molecular weight excluding hydrogens is 260 g/mol. The van der Waals surface area contributed by atoms with Gasteiger partial charge in [0.05, 0.1) is 0 Å². The van der Waals surface area contributed by atoms with Crippen molar-refractivity contribution in [1.29, 1.82) is 0 Å². The molecule has 108 valence electrons. The predicted octanol–water partition coefficient (Wildman–Crippen LogP) is 1.64. The van der Waals surface area contributed by atoms with E-state index in [1.807, 2.05) is 25.6 Å².